The lowest BCUT2D eigenvalue weighted by Gasteiger charge is -2.14. The van der Waals surface area contributed by atoms with E-state index < -0.39 is 0 Å². The van der Waals surface area contributed by atoms with E-state index in [9.17, 15) is 0 Å². The molecule has 0 bridgehead atoms. The summed E-state index contributed by atoms with van der Waals surface area (Å²) in [5.41, 5.74) is 2.63. The standard InChI is InChI=1S/C16H22O2/c1-9(2)13-5-11-7-16-12(8-15(11)17-13)6-14(18-16)10(3)4/h7-10,13-14H,5-6H2,1-4H3. The molecule has 0 aromatic heterocycles. The summed E-state index contributed by atoms with van der Waals surface area (Å²) < 4.78 is 12.1. The first kappa shape index (κ1) is 11.9. The van der Waals surface area contributed by atoms with Crippen LogP contribution in [0.2, 0.25) is 0 Å². The van der Waals surface area contributed by atoms with Crippen LogP contribution in [-0.4, -0.2) is 12.2 Å². The predicted octanol–water partition coefficient (Wildman–Crippen LogP) is 3.61. The van der Waals surface area contributed by atoms with Crippen molar-refractivity contribution >= 4 is 0 Å². The van der Waals surface area contributed by atoms with Crippen LogP contribution in [0.25, 0.3) is 0 Å². The summed E-state index contributed by atoms with van der Waals surface area (Å²) in [6, 6.07) is 4.41. The van der Waals surface area contributed by atoms with E-state index in [0.717, 1.165) is 24.3 Å². The maximum absolute atomic E-state index is 6.03. The fourth-order valence-electron chi connectivity index (χ4n) is 2.77. The molecule has 2 heteroatoms. The van der Waals surface area contributed by atoms with Gasteiger partial charge in [0.2, 0.25) is 0 Å². The number of fused-ring (bicyclic) bond motifs is 2. The maximum atomic E-state index is 6.03. The van der Waals surface area contributed by atoms with Crippen LogP contribution in [0.3, 0.4) is 0 Å². The molecular formula is C16H22O2. The van der Waals surface area contributed by atoms with Crippen LogP contribution in [0.5, 0.6) is 11.5 Å². The Balaban J connectivity index is 1.85. The van der Waals surface area contributed by atoms with Crippen molar-refractivity contribution < 1.29 is 9.47 Å². The average Bonchev–Trinajstić information content (AvgIpc) is 2.87. The third-order valence-corrected chi connectivity index (χ3v) is 4.13. The molecule has 2 aliphatic rings. The average molecular weight is 246 g/mol. The van der Waals surface area contributed by atoms with Gasteiger partial charge in [-0.05, 0) is 24.0 Å². The van der Waals surface area contributed by atoms with Gasteiger partial charge in [0.15, 0.2) is 0 Å². The maximum Gasteiger partial charge on any atom is 0.123 e. The second kappa shape index (κ2) is 4.18. The van der Waals surface area contributed by atoms with Crippen molar-refractivity contribution in [1.82, 2.24) is 0 Å². The van der Waals surface area contributed by atoms with E-state index in [0.29, 0.717) is 24.0 Å². The van der Waals surface area contributed by atoms with Crippen LogP contribution in [0, 0.1) is 11.8 Å². The third kappa shape index (κ3) is 1.88. The van der Waals surface area contributed by atoms with Gasteiger partial charge < -0.3 is 9.47 Å². The molecule has 2 nitrogen and oxygen atoms in total. The first-order chi connectivity index (χ1) is 8.54. The topological polar surface area (TPSA) is 18.5 Å². The molecule has 2 aliphatic heterocycles. The first-order valence-corrected chi connectivity index (χ1v) is 7.03. The Hall–Kier alpha value is -1.18. The van der Waals surface area contributed by atoms with Crippen molar-refractivity contribution in [3.8, 4) is 11.5 Å². The van der Waals surface area contributed by atoms with Gasteiger partial charge in [-0.1, -0.05) is 27.7 Å². The molecule has 0 saturated heterocycles. The Morgan fingerprint density at radius 1 is 0.833 bits per heavy atom. The molecule has 2 unspecified atom stereocenters. The van der Waals surface area contributed by atoms with Gasteiger partial charge in [-0.15, -0.1) is 0 Å². The summed E-state index contributed by atoms with van der Waals surface area (Å²) in [4.78, 5) is 0. The van der Waals surface area contributed by atoms with Crippen LogP contribution in [0.4, 0.5) is 0 Å². The number of hydrogen-bond acceptors (Lipinski definition) is 2. The number of ether oxygens (including phenoxy) is 2. The van der Waals surface area contributed by atoms with E-state index in [1.807, 2.05) is 0 Å². The minimum absolute atomic E-state index is 0.337. The molecule has 1 aromatic carbocycles. The third-order valence-electron chi connectivity index (χ3n) is 4.13. The lowest BCUT2D eigenvalue weighted by molar-refractivity contribution is 0.177. The zero-order valence-electron chi connectivity index (χ0n) is 11.7. The van der Waals surface area contributed by atoms with Gasteiger partial charge in [-0.3, -0.25) is 0 Å². The Morgan fingerprint density at radius 2 is 1.22 bits per heavy atom. The molecule has 98 valence electrons. The first-order valence-electron chi connectivity index (χ1n) is 7.03. The minimum Gasteiger partial charge on any atom is -0.490 e. The second-order valence-electron chi connectivity index (χ2n) is 6.28. The minimum atomic E-state index is 0.337. The molecule has 0 fully saturated rings. The van der Waals surface area contributed by atoms with Crippen LogP contribution in [-0.2, 0) is 12.8 Å². The molecule has 0 aliphatic carbocycles. The predicted molar refractivity (Wildman–Crippen MR) is 72.4 cm³/mol. The monoisotopic (exact) mass is 246 g/mol. The molecule has 3 rings (SSSR count). The smallest absolute Gasteiger partial charge is 0.123 e. The van der Waals surface area contributed by atoms with Crippen LogP contribution < -0.4 is 9.47 Å². The fourth-order valence-corrected chi connectivity index (χ4v) is 2.77. The van der Waals surface area contributed by atoms with Crippen molar-refractivity contribution in [3.05, 3.63) is 23.3 Å². The summed E-state index contributed by atoms with van der Waals surface area (Å²) in [6.45, 7) is 8.87. The van der Waals surface area contributed by atoms with Gasteiger partial charge in [0.05, 0.1) is 0 Å². The van der Waals surface area contributed by atoms with E-state index in [2.05, 4.69) is 39.8 Å². The quantitative estimate of drug-likeness (QED) is 0.793. The highest BCUT2D eigenvalue weighted by molar-refractivity contribution is 5.50. The molecule has 1 aromatic rings. The molecule has 0 N–H and O–H groups in total. The highest BCUT2D eigenvalue weighted by atomic mass is 16.5. The van der Waals surface area contributed by atoms with Crippen molar-refractivity contribution in [3.63, 3.8) is 0 Å². The molecule has 18 heavy (non-hydrogen) atoms. The molecular weight excluding hydrogens is 224 g/mol. The van der Waals surface area contributed by atoms with Gasteiger partial charge in [-0.2, -0.15) is 0 Å². The fraction of sp³-hybridized carbons (Fsp3) is 0.625. The Labute approximate surface area is 109 Å². The van der Waals surface area contributed by atoms with Gasteiger partial charge in [0, 0.05) is 24.0 Å². The Bertz CT molecular complexity index is 388. The molecule has 2 atom stereocenters. The number of benzene rings is 1. The van der Waals surface area contributed by atoms with Crippen LogP contribution in [0.15, 0.2) is 12.1 Å². The second-order valence-corrected chi connectivity index (χ2v) is 6.28. The van der Waals surface area contributed by atoms with Crippen LogP contribution in [0.1, 0.15) is 38.8 Å². The Morgan fingerprint density at radius 3 is 1.56 bits per heavy atom. The summed E-state index contributed by atoms with van der Waals surface area (Å²) in [6.07, 6.45) is 2.72. The lowest BCUT2D eigenvalue weighted by Crippen LogP contribution is -2.20. The number of rotatable bonds is 2. The van der Waals surface area contributed by atoms with E-state index in [4.69, 9.17) is 9.47 Å². The number of hydrogen-bond donors (Lipinski definition) is 0. The highest BCUT2D eigenvalue weighted by Gasteiger charge is 2.31. The van der Waals surface area contributed by atoms with E-state index in [1.54, 1.807) is 0 Å². The van der Waals surface area contributed by atoms with E-state index >= 15 is 0 Å². The molecule has 0 saturated carbocycles. The van der Waals surface area contributed by atoms with Crippen molar-refractivity contribution in [2.24, 2.45) is 11.8 Å². The zero-order valence-corrected chi connectivity index (χ0v) is 11.7. The summed E-state index contributed by atoms with van der Waals surface area (Å²) in [5, 5.41) is 0. The van der Waals surface area contributed by atoms with Crippen molar-refractivity contribution in [1.29, 1.82) is 0 Å². The van der Waals surface area contributed by atoms with Crippen molar-refractivity contribution in [2.75, 3.05) is 0 Å². The Kier molecular flexibility index (Phi) is 2.76. The zero-order chi connectivity index (χ0) is 12.9. The summed E-state index contributed by atoms with van der Waals surface area (Å²) in [7, 11) is 0. The summed E-state index contributed by atoms with van der Waals surface area (Å²) in [5.74, 6) is 3.30. The lowest BCUT2D eigenvalue weighted by atomic mass is 9.98. The van der Waals surface area contributed by atoms with E-state index in [-0.39, 0.29) is 0 Å². The normalized spacial score (nSPS) is 25.0. The van der Waals surface area contributed by atoms with Crippen LogP contribution >= 0.6 is 0 Å². The molecule has 0 amide bonds. The summed E-state index contributed by atoms with van der Waals surface area (Å²) >= 11 is 0. The van der Waals surface area contributed by atoms with Gasteiger partial charge in [0.1, 0.15) is 23.7 Å². The van der Waals surface area contributed by atoms with Gasteiger partial charge in [-0.25, -0.2) is 0 Å². The van der Waals surface area contributed by atoms with Crippen molar-refractivity contribution in [2.45, 2.75) is 52.7 Å². The molecule has 2 heterocycles. The highest BCUT2D eigenvalue weighted by Crippen LogP contribution is 2.41. The molecule has 0 radical (unpaired) electrons. The van der Waals surface area contributed by atoms with Gasteiger partial charge in [0.25, 0.3) is 0 Å². The largest absolute Gasteiger partial charge is 0.490 e. The molecule has 0 spiro atoms. The van der Waals surface area contributed by atoms with Gasteiger partial charge >= 0.3 is 0 Å². The van der Waals surface area contributed by atoms with E-state index in [1.165, 1.54) is 11.1 Å². The SMILES string of the molecule is CC(C)C1Cc2cc3c(cc2O1)CC(C(C)C)O3.